The molecule has 0 N–H and O–H groups in total. The molecule has 0 saturated carbocycles. The van der Waals surface area contributed by atoms with Crippen molar-refractivity contribution in [2.24, 2.45) is 0 Å². The Labute approximate surface area is 136 Å². The number of hydrogen-bond acceptors (Lipinski definition) is 3. The molecule has 0 unspecified atom stereocenters. The lowest BCUT2D eigenvalue weighted by atomic mass is 10.00. The maximum Gasteiger partial charge on any atom is 0.155 e. The first kappa shape index (κ1) is 13.8. The lowest BCUT2D eigenvalue weighted by Gasteiger charge is -2.09. The summed E-state index contributed by atoms with van der Waals surface area (Å²) in [6, 6.07) is 12.3. The Morgan fingerprint density at radius 1 is 1.00 bits per heavy atom. The minimum Gasteiger partial charge on any atom is -0.256 e. The molecule has 3 heterocycles. The van der Waals surface area contributed by atoms with E-state index >= 15 is 0 Å². The minimum absolute atomic E-state index is 0.0759. The van der Waals surface area contributed by atoms with Gasteiger partial charge >= 0.3 is 0 Å². The van der Waals surface area contributed by atoms with Crippen LogP contribution < -0.4 is 0 Å². The van der Waals surface area contributed by atoms with E-state index in [2.05, 4.69) is 15.1 Å². The first-order chi connectivity index (χ1) is 11.2. The van der Waals surface area contributed by atoms with Gasteiger partial charge in [0.05, 0.1) is 10.7 Å². The van der Waals surface area contributed by atoms with Crippen LogP contribution in [0.15, 0.2) is 61.2 Å². The van der Waals surface area contributed by atoms with Gasteiger partial charge in [-0.15, -0.1) is 0 Å². The van der Waals surface area contributed by atoms with Crippen LogP contribution in [0.4, 0.5) is 4.39 Å². The molecule has 23 heavy (non-hydrogen) atoms. The largest absolute Gasteiger partial charge is 0.256 e. The van der Waals surface area contributed by atoms with Crippen molar-refractivity contribution < 1.29 is 4.39 Å². The zero-order valence-electron chi connectivity index (χ0n) is 11.8. The van der Waals surface area contributed by atoms with Crippen LogP contribution in [0.25, 0.3) is 28.0 Å². The van der Waals surface area contributed by atoms with Gasteiger partial charge in [-0.3, -0.25) is 4.98 Å². The number of aromatic nitrogens is 4. The molecule has 0 aliphatic rings. The molecule has 0 amide bonds. The van der Waals surface area contributed by atoms with Crippen molar-refractivity contribution >= 4 is 17.2 Å². The van der Waals surface area contributed by atoms with E-state index in [9.17, 15) is 4.39 Å². The van der Waals surface area contributed by atoms with Crippen molar-refractivity contribution in [3.05, 3.63) is 72.0 Å². The first-order valence-corrected chi connectivity index (χ1v) is 7.30. The van der Waals surface area contributed by atoms with Crippen LogP contribution in [0.2, 0.25) is 5.02 Å². The molecule has 1 aromatic carbocycles. The van der Waals surface area contributed by atoms with Crippen LogP contribution in [-0.4, -0.2) is 19.6 Å². The van der Waals surface area contributed by atoms with Crippen LogP contribution >= 0.6 is 11.6 Å². The van der Waals surface area contributed by atoms with E-state index in [0.29, 0.717) is 0 Å². The van der Waals surface area contributed by atoms with Crippen molar-refractivity contribution in [2.45, 2.75) is 0 Å². The van der Waals surface area contributed by atoms with Crippen LogP contribution in [0.1, 0.15) is 0 Å². The van der Waals surface area contributed by atoms with E-state index in [4.69, 9.17) is 11.6 Å². The summed E-state index contributed by atoms with van der Waals surface area (Å²) in [5.74, 6) is -0.447. The van der Waals surface area contributed by atoms with Crippen LogP contribution in [-0.2, 0) is 0 Å². The second kappa shape index (κ2) is 5.44. The highest BCUT2D eigenvalue weighted by molar-refractivity contribution is 6.31. The molecule has 6 heteroatoms. The molecule has 4 nitrogen and oxygen atoms in total. The highest BCUT2D eigenvalue weighted by Crippen LogP contribution is 2.32. The molecular formula is C17H10ClFN4. The van der Waals surface area contributed by atoms with Crippen molar-refractivity contribution in [1.29, 1.82) is 0 Å². The number of hydrogen-bond donors (Lipinski definition) is 0. The molecule has 4 aromatic rings. The fourth-order valence-electron chi connectivity index (χ4n) is 2.49. The van der Waals surface area contributed by atoms with Crippen molar-refractivity contribution in [1.82, 2.24) is 19.6 Å². The highest BCUT2D eigenvalue weighted by Gasteiger charge is 2.11. The van der Waals surface area contributed by atoms with E-state index in [1.165, 1.54) is 12.4 Å². The Hall–Kier alpha value is -2.79. The summed E-state index contributed by atoms with van der Waals surface area (Å²) in [7, 11) is 0. The Kier molecular flexibility index (Phi) is 3.28. The number of benzene rings is 1. The highest BCUT2D eigenvalue weighted by atomic mass is 35.5. The molecule has 0 atom stereocenters. The molecular weight excluding hydrogens is 315 g/mol. The zero-order valence-corrected chi connectivity index (χ0v) is 12.6. The normalized spacial score (nSPS) is 11.0. The number of pyridine rings is 2. The summed E-state index contributed by atoms with van der Waals surface area (Å²) < 4.78 is 15.1. The fraction of sp³-hybridized carbons (Fsp3) is 0. The topological polar surface area (TPSA) is 43.1 Å². The lowest BCUT2D eigenvalue weighted by Crippen LogP contribution is -1.92. The van der Waals surface area contributed by atoms with Crippen LogP contribution in [0.3, 0.4) is 0 Å². The molecule has 0 saturated heterocycles. The van der Waals surface area contributed by atoms with E-state index in [1.54, 1.807) is 22.8 Å². The van der Waals surface area contributed by atoms with Crippen LogP contribution in [0.5, 0.6) is 0 Å². The van der Waals surface area contributed by atoms with Gasteiger partial charge in [0.1, 0.15) is 12.1 Å². The molecule has 4 rings (SSSR count). The van der Waals surface area contributed by atoms with Gasteiger partial charge in [-0.2, -0.15) is 5.10 Å². The van der Waals surface area contributed by atoms with Gasteiger partial charge < -0.3 is 0 Å². The summed E-state index contributed by atoms with van der Waals surface area (Å²) in [6.07, 6.45) is 5.04. The zero-order chi connectivity index (χ0) is 15.8. The van der Waals surface area contributed by atoms with Crippen molar-refractivity contribution in [3.63, 3.8) is 0 Å². The van der Waals surface area contributed by atoms with Gasteiger partial charge in [0, 0.05) is 23.5 Å². The van der Waals surface area contributed by atoms with E-state index < -0.39 is 5.82 Å². The van der Waals surface area contributed by atoms with Crippen LogP contribution in [0, 0.1) is 5.82 Å². The maximum absolute atomic E-state index is 13.4. The summed E-state index contributed by atoms with van der Waals surface area (Å²) in [4.78, 5) is 8.63. The second-order valence-corrected chi connectivity index (χ2v) is 5.41. The van der Waals surface area contributed by atoms with Gasteiger partial charge in [0.2, 0.25) is 0 Å². The monoisotopic (exact) mass is 324 g/mol. The first-order valence-electron chi connectivity index (χ1n) is 6.92. The van der Waals surface area contributed by atoms with Gasteiger partial charge in [-0.25, -0.2) is 13.9 Å². The van der Waals surface area contributed by atoms with E-state index in [0.717, 1.165) is 28.0 Å². The van der Waals surface area contributed by atoms with Crippen molar-refractivity contribution in [3.8, 4) is 22.4 Å². The Morgan fingerprint density at radius 3 is 2.78 bits per heavy atom. The molecule has 0 radical (unpaired) electrons. The Morgan fingerprint density at radius 2 is 1.91 bits per heavy atom. The average molecular weight is 325 g/mol. The molecule has 112 valence electrons. The summed E-state index contributed by atoms with van der Waals surface area (Å²) in [6.45, 7) is 0. The molecule has 0 aliphatic carbocycles. The summed E-state index contributed by atoms with van der Waals surface area (Å²) in [5, 5.41) is 4.16. The molecule has 0 bridgehead atoms. The molecule has 0 fully saturated rings. The third-order valence-corrected chi connectivity index (χ3v) is 3.88. The number of fused-ring (bicyclic) bond motifs is 1. The van der Waals surface area contributed by atoms with Crippen molar-refractivity contribution in [2.75, 3.05) is 0 Å². The molecule has 0 spiro atoms. The molecule has 0 aliphatic heterocycles. The Bertz CT molecular complexity index is 1010. The predicted molar refractivity (Wildman–Crippen MR) is 86.6 cm³/mol. The quantitative estimate of drug-likeness (QED) is 0.553. The fourth-order valence-corrected chi connectivity index (χ4v) is 2.68. The van der Waals surface area contributed by atoms with Gasteiger partial charge in [0.15, 0.2) is 5.65 Å². The minimum atomic E-state index is -0.447. The van der Waals surface area contributed by atoms with Gasteiger partial charge in [-0.05, 0) is 42.0 Å². The SMILES string of the molecule is Fc1ccc(-c2ncccc2-c2ccn3ncnc3c2)cc1Cl. The summed E-state index contributed by atoms with van der Waals surface area (Å²) >= 11 is 5.90. The second-order valence-electron chi connectivity index (χ2n) is 5.01. The number of halogens is 2. The van der Waals surface area contributed by atoms with Gasteiger partial charge in [-0.1, -0.05) is 17.7 Å². The third kappa shape index (κ3) is 2.45. The standard InChI is InChI=1S/C17H10ClFN4/c18-14-8-12(3-4-15(14)19)17-13(2-1-6-20-17)11-5-7-23-16(9-11)21-10-22-23/h1-10H. The Balaban J connectivity index is 1.90. The van der Waals surface area contributed by atoms with E-state index in [1.807, 2.05) is 30.5 Å². The average Bonchev–Trinajstić information content (AvgIpc) is 3.05. The number of nitrogens with zero attached hydrogens (tertiary/aromatic N) is 4. The third-order valence-electron chi connectivity index (χ3n) is 3.59. The maximum atomic E-state index is 13.4. The predicted octanol–water partition coefficient (Wildman–Crippen LogP) is 4.25. The lowest BCUT2D eigenvalue weighted by molar-refractivity contribution is 0.628. The van der Waals surface area contributed by atoms with E-state index in [-0.39, 0.29) is 5.02 Å². The van der Waals surface area contributed by atoms with Gasteiger partial charge in [0.25, 0.3) is 0 Å². The molecule has 3 aromatic heterocycles. The summed E-state index contributed by atoms with van der Waals surface area (Å²) in [5.41, 5.74) is 4.11. The smallest absolute Gasteiger partial charge is 0.155 e. The number of rotatable bonds is 2.